The normalized spacial score (nSPS) is 17.5. The van der Waals surface area contributed by atoms with Crippen LogP contribution in [0, 0.1) is 5.92 Å². The Morgan fingerprint density at radius 3 is 1.81 bits per heavy atom. The van der Waals surface area contributed by atoms with Crippen LogP contribution >= 0.6 is 11.8 Å². The summed E-state index contributed by atoms with van der Waals surface area (Å²) in [4.78, 5) is 28.1. The lowest BCUT2D eigenvalue weighted by atomic mass is 9.84. The van der Waals surface area contributed by atoms with Crippen LogP contribution in [0.2, 0.25) is 18.1 Å². The number of thioether (sulfide) groups is 1. The fourth-order valence-electron chi connectivity index (χ4n) is 5.07. The molecule has 1 saturated heterocycles. The molecule has 5 nitrogen and oxygen atoms in total. The highest BCUT2D eigenvalue weighted by Crippen LogP contribution is 2.54. The Bertz CT molecular complexity index is 1250. The molecule has 0 bridgehead atoms. The van der Waals surface area contributed by atoms with Crippen LogP contribution in [0.3, 0.4) is 0 Å². The third-order valence-corrected chi connectivity index (χ3v) is 14.9. The average Bonchev–Trinajstić information content (AvgIpc) is 2.99. The summed E-state index contributed by atoms with van der Waals surface area (Å²) in [5.74, 6) is -0.762. The number of carbonyl (C=O) groups excluding carboxylic acids is 2. The van der Waals surface area contributed by atoms with Crippen LogP contribution in [0.15, 0.2) is 104 Å². The number of esters is 1. The van der Waals surface area contributed by atoms with Gasteiger partial charge in [-0.3, -0.25) is 9.59 Å². The van der Waals surface area contributed by atoms with E-state index in [2.05, 4.69) is 113 Å². The molecule has 222 valence electrons. The van der Waals surface area contributed by atoms with Gasteiger partial charge >= 0.3 is 5.97 Å². The molecule has 1 aliphatic heterocycles. The Morgan fingerprint density at radius 2 is 1.38 bits per heavy atom. The van der Waals surface area contributed by atoms with Crippen molar-refractivity contribution in [2.24, 2.45) is 5.92 Å². The molecule has 0 saturated carbocycles. The Morgan fingerprint density at radius 1 is 0.905 bits per heavy atom. The average molecular weight is 602 g/mol. The lowest BCUT2D eigenvalue weighted by Gasteiger charge is -2.50. The summed E-state index contributed by atoms with van der Waals surface area (Å²) in [6.07, 6.45) is 2.13. The molecule has 3 aromatic rings. The standard InChI is InChI=1S/C35H43NO4SSi/c1-7-24-39-31(37)26-36-32(38)30(23-25-40-42(5,6)34(2,3)4)33(36)41-35(27-17-11-8-12-18-27,28-19-13-9-14-20-28)29-21-15-10-16-22-29/h7-22,30,33H,1,23-26H2,2-6H3/t30-,33+/m0/s1. The molecular formula is C35H43NO4SSi. The van der Waals surface area contributed by atoms with Gasteiger partial charge in [-0.2, -0.15) is 0 Å². The fourth-order valence-corrected chi connectivity index (χ4v) is 8.04. The van der Waals surface area contributed by atoms with E-state index in [9.17, 15) is 9.59 Å². The van der Waals surface area contributed by atoms with Crippen LogP contribution in [0.1, 0.15) is 43.9 Å². The van der Waals surface area contributed by atoms with Crippen LogP contribution in [0.4, 0.5) is 0 Å². The molecule has 0 unspecified atom stereocenters. The molecule has 3 aromatic carbocycles. The highest BCUT2D eigenvalue weighted by Gasteiger charge is 2.53. The highest BCUT2D eigenvalue weighted by atomic mass is 32.2. The predicted molar refractivity (Wildman–Crippen MR) is 175 cm³/mol. The summed E-state index contributed by atoms with van der Waals surface area (Å²) in [6.45, 7) is 15.3. The molecule has 1 fully saturated rings. The van der Waals surface area contributed by atoms with E-state index in [1.807, 2.05) is 18.2 Å². The second-order valence-corrected chi connectivity index (χ2v) is 18.4. The third-order valence-electron chi connectivity index (χ3n) is 8.45. The van der Waals surface area contributed by atoms with Gasteiger partial charge in [-0.15, -0.1) is 11.8 Å². The summed E-state index contributed by atoms with van der Waals surface area (Å²) < 4.78 is 11.2. The number of nitrogens with zero attached hydrogens (tertiary/aromatic N) is 1. The second kappa shape index (κ2) is 13.4. The van der Waals surface area contributed by atoms with E-state index >= 15 is 0 Å². The first-order valence-electron chi connectivity index (χ1n) is 14.6. The molecule has 0 aliphatic carbocycles. The second-order valence-electron chi connectivity index (χ2n) is 12.2. The molecule has 1 amide bonds. The topological polar surface area (TPSA) is 55.8 Å². The number of ether oxygens (including phenoxy) is 1. The molecule has 0 aromatic heterocycles. The number of hydrogen-bond donors (Lipinski definition) is 0. The van der Waals surface area contributed by atoms with Crippen molar-refractivity contribution in [2.75, 3.05) is 19.8 Å². The van der Waals surface area contributed by atoms with Gasteiger partial charge in [0.15, 0.2) is 8.32 Å². The van der Waals surface area contributed by atoms with E-state index < -0.39 is 19.0 Å². The van der Waals surface area contributed by atoms with E-state index in [1.54, 1.807) is 16.7 Å². The van der Waals surface area contributed by atoms with Gasteiger partial charge in [0.25, 0.3) is 0 Å². The fraction of sp³-hybridized carbons (Fsp3) is 0.371. The summed E-state index contributed by atoms with van der Waals surface area (Å²) in [5.41, 5.74) is 3.33. The van der Waals surface area contributed by atoms with Crippen molar-refractivity contribution in [2.45, 2.75) is 55.4 Å². The number of benzene rings is 3. The minimum Gasteiger partial charge on any atom is -0.460 e. The molecule has 0 spiro atoms. The molecule has 4 rings (SSSR count). The minimum atomic E-state index is -1.98. The first-order chi connectivity index (χ1) is 20.0. The van der Waals surface area contributed by atoms with Gasteiger partial charge < -0.3 is 14.1 Å². The molecular weight excluding hydrogens is 559 g/mol. The van der Waals surface area contributed by atoms with Crippen LogP contribution in [0.5, 0.6) is 0 Å². The maximum Gasteiger partial charge on any atom is 0.325 e. The van der Waals surface area contributed by atoms with E-state index in [-0.39, 0.29) is 35.4 Å². The van der Waals surface area contributed by atoms with Gasteiger partial charge in [-0.25, -0.2) is 0 Å². The molecule has 2 atom stereocenters. The summed E-state index contributed by atoms with van der Waals surface area (Å²) in [6, 6.07) is 31.2. The number of amides is 1. The van der Waals surface area contributed by atoms with Crippen molar-refractivity contribution in [1.29, 1.82) is 0 Å². The van der Waals surface area contributed by atoms with Crippen LogP contribution < -0.4 is 0 Å². The van der Waals surface area contributed by atoms with Gasteiger partial charge in [-0.05, 0) is 41.2 Å². The van der Waals surface area contributed by atoms with Gasteiger partial charge in [0, 0.05) is 6.61 Å². The molecule has 42 heavy (non-hydrogen) atoms. The van der Waals surface area contributed by atoms with Gasteiger partial charge in [0.05, 0.1) is 16.0 Å². The van der Waals surface area contributed by atoms with Gasteiger partial charge in [-0.1, -0.05) is 124 Å². The van der Waals surface area contributed by atoms with E-state index in [1.165, 1.54) is 6.08 Å². The molecule has 0 N–H and O–H groups in total. The lowest BCUT2D eigenvalue weighted by molar-refractivity contribution is -0.160. The number of carbonyl (C=O) groups is 2. The van der Waals surface area contributed by atoms with Crippen molar-refractivity contribution in [3.63, 3.8) is 0 Å². The predicted octanol–water partition coefficient (Wildman–Crippen LogP) is 7.64. The van der Waals surface area contributed by atoms with Gasteiger partial charge in [0.2, 0.25) is 5.91 Å². The minimum absolute atomic E-state index is 0.0371. The number of β-lactam (4-membered cyclic amide) rings is 1. The highest BCUT2D eigenvalue weighted by molar-refractivity contribution is 8.01. The first kappa shape index (κ1) is 31.8. The van der Waals surface area contributed by atoms with E-state index in [0.717, 1.165) is 16.7 Å². The Hall–Kier alpha value is -3.13. The monoisotopic (exact) mass is 601 g/mol. The Labute approximate surface area is 256 Å². The van der Waals surface area contributed by atoms with E-state index in [0.29, 0.717) is 13.0 Å². The summed E-state index contributed by atoms with van der Waals surface area (Å²) in [7, 11) is -1.98. The Kier molecular flexibility index (Phi) is 10.2. The lowest BCUT2D eigenvalue weighted by Crippen LogP contribution is -2.62. The summed E-state index contributed by atoms with van der Waals surface area (Å²) >= 11 is 1.72. The largest absolute Gasteiger partial charge is 0.460 e. The molecule has 1 heterocycles. The van der Waals surface area contributed by atoms with Crippen LogP contribution in [-0.4, -0.2) is 50.2 Å². The van der Waals surface area contributed by atoms with E-state index in [4.69, 9.17) is 9.16 Å². The molecule has 1 aliphatic rings. The zero-order valence-corrected chi connectivity index (χ0v) is 27.2. The smallest absolute Gasteiger partial charge is 0.325 e. The van der Waals surface area contributed by atoms with Crippen molar-refractivity contribution in [1.82, 2.24) is 4.90 Å². The number of hydrogen-bond acceptors (Lipinski definition) is 5. The maximum atomic E-state index is 13.7. The van der Waals surface area contributed by atoms with Crippen molar-refractivity contribution in [3.05, 3.63) is 120 Å². The van der Waals surface area contributed by atoms with Crippen LogP contribution in [-0.2, 0) is 23.5 Å². The number of likely N-dealkylation sites (tertiary alicyclic amines) is 1. The maximum absolute atomic E-state index is 13.7. The molecule has 7 heteroatoms. The van der Waals surface area contributed by atoms with Crippen molar-refractivity contribution >= 4 is 32.0 Å². The Balaban J connectivity index is 1.75. The zero-order chi connectivity index (χ0) is 30.4. The molecule has 0 radical (unpaired) electrons. The van der Waals surface area contributed by atoms with Crippen molar-refractivity contribution in [3.8, 4) is 0 Å². The number of rotatable bonds is 13. The van der Waals surface area contributed by atoms with Crippen molar-refractivity contribution < 1.29 is 18.8 Å². The zero-order valence-electron chi connectivity index (χ0n) is 25.4. The van der Waals surface area contributed by atoms with Crippen LogP contribution in [0.25, 0.3) is 0 Å². The SMILES string of the molecule is C=CCOC(=O)CN1C(=O)[C@H](CCO[Si](C)(C)C(C)(C)C)[C@H]1SC(c1ccccc1)(c1ccccc1)c1ccccc1. The first-order valence-corrected chi connectivity index (χ1v) is 18.4. The van der Waals surface area contributed by atoms with Gasteiger partial charge in [0.1, 0.15) is 13.2 Å². The third kappa shape index (κ3) is 6.74. The summed E-state index contributed by atoms with van der Waals surface area (Å²) in [5, 5.41) is -0.188. The quantitative estimate of drug-likeness (QED) is 0.0663.